The van der Waals surface area contributed by atoms with Crippen molar-refractivity contribution < 1.29 is 0 Å². The molecule has 0 aromatic heterocycles. The van der Waals surface area contributed by atoms with Crippen LogP contribution in [-0.2, 0) is 0 Å². The van der Waals surface area contributed by atoms with Crippen LogP contribution in [0.3, 0.4) is 0 Å². The molecule has 0 amide bonds. The van der Waals surface area contributed by atoms with Crippen LogP contribution in [0, 0.1) is 6.92 Å². The van der Waals surface area contributed by atoms with Gasteiger partial charge in [0.15, 0.2) is 0 Å². The van der Waals surface area contributed by atoms with E-state index in [4.69, 9.17) is 11.6 Å². The fourth-order valence-corrected chi connectivity index (χ4v) is 1.93. The van der Waals surface area contributed by atoms with Crippen LogP contribution >= 0.6 is 27.5 Å². The van der Waals surface area contributed by atoms with E-state index in [0.29, 0.717) is 0 Å². The van der Waals surface area contributed by atoms with E-state index in [1.54, 1.807) is 0 Å². The van der Waals surface area contributed by atoms with Gasteiger partial charge in [0.2, 0.25) is 0 Å². The van der Waals surface area contributed by atoms with E-state index < -0.39 is 0 Å². The molecule has 66 valence electrons. The van der Waals surface area contributed by atoms with Crippen LogP contribution in [0.15, 0.2) is 34.8 Å². The van der Waals surface area contributed by atoms with E-state index in [0.717, 1.165) is 9.50 Å². The summed E-state index contributed by atoms with van der Waals surface area (Å²) in [6, 6.07) is 10.1. The van der Waals surface area contributed by atoms with Crippen LogP contribution < -0.4 is 0 Å². The number of hydrogen-bond acceptors (Lipinski definition) is 0. The monoisotopic (exact) mass is 254 g/mol. The number of halogens is 2. The second-order valence-electron chi connectivity index (χ2n) is 3.04. The Hall–Kier alpha value is -0.530. The highest BCUT2D eigenvalue weighted by molar-refractivity contribution is 9.10. The van der Waals surface area contributed by atoms with Gasteiger partial charge in [-0.05, 0) is 41.5 Å². The summed E-state index contributed by atoms with van der Waals surface area (Å²) in [5.74, 6) is 0. The Bertz CT molecular complexity index is 458. The summed E-state index contributed by atoms with van der Waals surface area (Å²) >= 11 is 9.43. The Morgan fingerprint density at radius 1 is 1.15 bits per heavy atom. The molecule has 0 aliphatic carbocycles. The molecule has 0 N–H and O–H groups in total. The summed E-state index contributed by atoms with van der Waals surface area (Å²) in [7, 11) is 0. The maximum absolute atomic E-state index is 5.93. The summed E-state index contributed by atoms with van der Waals surface area (Å²) < 4.78 is 1.13. The molecule has 0 spiro atoms. The highest BCUT2D eigenvalue weighted by Gasteiger charge is 2.01. The summed E-state index contributed by atoms with van der Waals surface area (Å²) in [4.78, 5) is 0. The van der Waals surface area contributed by atoms with Crippen molar-refractivity contribution >= 4 is 38.3 Å². The van der Waals surface area contributed by atoms with Gasteiger partial charge in [0, 0.05) is 9.50 Å². The molecule has 0 radical (unpaired) electrons. The molecule has 0 aliphatic rings. The first-order chi connectivity index (χ1) is 6.18. The van der Waals surface area contributed by atoms with Crippen LogP contribution in [0.2, 0.25) is 5.02 Å². The van der Waals surface area contributed by atoms with Crippen LogP contribution in [0.5, 0.6) is 0 Å². The topological polar surface area (TPSA) is 0 Å². The molecule has 13 heavy (non-hydrogen) atoms. The van der Waals surface area contributed by atoms with E-state index >= 15 is 0 Å². The number of benzene rings is 2. The Labute approximate surface area is 90.6 Å². The molecule has 2 rings (SSSR count). The lowest BCUT2D eigenvalue weighted by molar-refractivity contribution is 1.49. The molecular formula is C11H8BrCl. The van der Waals surface area contributed by atoms with Crippen molar-refractivity contribution in [2.75, 3.05) is 0 Å². The first kappa shape index (κ1) is 9.04. The molecule has 0 saturated carbocycles. The predicted molar refractivity (Wildman–Crippen MR) is 61.4 cm³/mol. The summed E-state index contributed by atoms with van der Waals surface area (Å²) in [5, 5.41) is 3.22. The van der Waals surface area contributed by atoms with Crippen LogP contribution in [0.4, 0.5) is 0 Å². The van der Waals surface area contributed by atoms with E-state index in [-0.39, 0.29) is 0 Å². The Morgan fingerprint density at radius 2 is 1.85 bits per heavy atom. The quantitative estimate of drug-likeness (QED) is 0.647. The van der Waals surface area contributed by atoms with E-state index in [2.05, 4.69) is 35.0 Å². The SMILES string of the molecule is Cc1c(Br)ccc2ccc(Cl)cc12. The molecule has 0 heterocycles. The average Bonchev–Trinajstić information content (AvgIpc) is 2.12. The van der Waals surface area contributed by atoms with Crippen molar-refractivity contribution in [2.24, 2.45) is 0 Å². The third kappa shape index (κ3) is 1.59. The van der Waals surface area contributed by atoms with Gasteiger partial charge in [-0.15, -0.1) is 0 Å². The maximum atomic E-state index is 5.93. The van der Waals surface area contributed by atoms with Crippen molar-refractivity contribution in [3.8, 4) is 0 Å². The summed E-state index contributed by atoms with van der Waals surface area (Å²) in [5.41, 5.74) is 1.24. The van der Waals surface area contributed by atoms with Gasteiger partial charge >= 0.3 is 0 Å². The number of hydrogen-bond donors (Lipinski definition) is 0. The Morgan fingerprint density at radius 3 is 2.62 bits per heavy atom. The highest BCUT2D eigenvalue weighted by atomic mass is 79.9. The molecule has 0 aliphatic heterocycles. The first-order valence-electron chi connectivity index (χ1n) is 4.03. The maximum Gasteiger partial charge on any atom is 0.0412 e. The Kier molecular flexibility index (Phi) is 2.31. The van der Waals surface area contributed by atoms with Crippen LogP contribution in [0.1, 0.15) is 5.56 Å². The van der Waals surface area contributed by atoms with E-state index in [1.165, 1.54) is 16.3 Å². The second-order valence-corrected chi connectivity index (χ2v) is 4.33. The molecule has 2 aromatic carbocycles. The van der Waals surface area contributed by atoms with Gasteiger partial charge in [-0.1, -0.05) is 39.7 Å². The zero-order valence-corrected chi connectivity index (χ0v) is 9.48. The zero-order valence-electron chi connectivity index (χ0n) is 7.14. The minimum absolute atomic E-state index is 0.786. The molecule has 0 saturated heterocycles. The van der Waals surface area contributed by atoms with E-state index in [1.807, 2.05) is 18.2 Å². The van der Waals surface area contributed by atoms with Gasteiger partial charge in [0.05, 0.1) is 0 Å². The number of aryl methyl sites for hydroxylation is 1. The Balaban J connectivity index is 2.89. The molecule has 2 aromatic rings. The molecule has 0 fully saturated rings. The number of fused-ring (bicyclic) bond motifs is 1. The van der Waals surface area contributed by atoms with Gasteiger partial charge in [-0.3, -0.25) is 0 Å². The van der Waals surface area contributed by atoms with Crippen molar-refractivity contribution in [2.45, 2.75) is 6.92 Å². The zero-order chi connectivity index (χ0) is 9.42. The lowest BCUT2D eigenvalue weighted by Gasteiger charge is -2.04. The first-order valence-corrected chi connectivity index (χ1v) is 5.20. The van der Waals surface area contributed by atoms with Gasteiger partial charge in [-0.2, -0.15) is 0 Å². The fraction of sp³-hybridized carbons (Fsp3) is 0.0909. The van der Waals surface area contributed by atoms with Gasteiger partial charge in [-0.25, -0.2) is 0 Å². The second kappa shape index (κ2) is 3.32. The van der Waals surface area contributed by atoms with Crippen molar-refractivity contribution in [3.05, 3.63) is 45.4 Å². The molecule has 0 bridgehead atoms. The predicted octanol–water partition coefficient (Wildman–Crippen LogP) is 4.56. The van der Waals surface area contributed by atoms with Gasteiger partial charge in [0.25, 0.3) is 0 Å². The van der Waals surface area contributed by atoms with Crippen LogP contribution in [-0.4, -0.2) is 0 Å². The highest BCUT2D eigenvalue weighted by Crippen LogP contribution is 2.27. The molecule has 0 unspecified atom stereocenters. The molecular weight excluding hydrogens is 247 g/mol. The number of rotatable bonds is 0. The van der Waals surface area contributed by atoms with Crippen LogP contribution in [0.25, 0.3) is 10.8 Å². The van der Waals surface area contributed by atoms with E-state index in [9.17, 15) is 0 Å². The average molecular weight is 256 g/mol. The molecule has 0 nitrogen and oxygen atoms in total. The van der Waals surface area contributed by atoms with Gasteiger partial charge < -0.3 is 0 Å². The van der Waals surface area contributed by atoms with Gasteiger partial charge in [0.1, 0.15) is 0 Å². The summed E-state index contributed by atoms with van der Waals surface area (Å²) in [6.07, 6.45) is 0. The third-order valence-corrected chi connectivity index (χ3v) is 3.28. The lowest BCUT2D eigenvalue weighted by atomic mass is 10.1. The van der Waals surface area contributed by atoms with Crippen molar-refractivity contribution in [3.63, 3.8) is 0 Å². The fourth-order valence-electron chi connectivity index (χ4n) is 1.42. The van der Waals surface area contributed by atoms with Crippen molar-refractivity contribution in [1.82, 2.24) is 0 Å². The minimum atomic E-state index is 0.786. The largest absolute Gasteiger partial charge is 0.0843 e. The lowest BCUT2D eigenvalue weighted by Crippen LogP contribution is -1.80. The normalized spacial score (nSPS) is 10.7. The smallest absolute Gasteiger partial charge is 0.0412 e. The van der Waals surface area contributed by atoms with Crippen molar-refractivity contribution in [1.29, 1.82) is 0 Å². The molecule has 0 atom stereocenters. The summed E-state index contributed by atoms with van der Waals surface area (Å²) in [6.45, 7) is 2.09. The molecule has 2 heteroatoms. The standard InChI is InChI=1S/C11H8BrCl/c1-7-10-6-9(13)4-2-8(10)3-5-11(7)12/h2-6H,1H3. The minimum Gasteiger partial charge on any atom is -0.0843 e. The third-order valence-electron chi connectivity index (χ3n) is 2.19.